The molecule has 6 heteroatoms. The van der Waals surface area contributed by atoms with Crippen LogP contribution in [0.5, 0.6) is 0 Å². The van der Waals surface area contributed by atoms with E-state index in [1.54, 1.807) is 12.1 Å². The van der Waals surface area contributed by atoms with Crippen molar-refractivity contribution in [3.05, 3.63) is 80.9 Å². The summed E-state index contributed by atoms with van der Waals surface area (Å²) in [5, 5.41) is 2.53. The van der Waals surface area contributed by atoms with E-state index in [-0.39, 0.29) is 11.4 Å². The summed E-state index contributed by atoms with van der Waals surface area (Å²) in [6.07, 6.45) is 0. The number of halogens is 1. The van der Waals surface area contributed by atoms with Crippen molar-refractivity contribution in [2.45, 2.75) is 0 Å². The van der Waals surface area contributed by atoms with Gasteiger partial charge in [-0.2, -0.15) is 0 Å². The van der Waals surface area contributed by atoms with Crippen LogP contribution in [0.4, 0.5) is 4.39 Å². The van der Waals surface area contributed by atoms with Crippen LogP contribution >= 0.6 is 23.6 Å². The van der Waals surface area contributed by atoms with Gasteiger partial charge in [-0.25, -0.2) is 4.39 Å². The number of nitrogens with zero attached hydrogens (tertiary/aromatic N) is 1. The number of hydrogen-bond donors (Lipinski definition) is 1. The topological polar surface area (TPSA) is 37.8 Å². The van der Waals surface area contributed by atoms with Crippen molar-refractivity contribution in [2.24, 2.45) is 0 Å². The molecule has 2 aromatic heterocycles. The van der Waals surface area contributed by atoms with Crippen LogP contribution in [0, 0.1) is 10.6 Å². The van der Waals surface area contributed by atoms with Crippen molar-refractivity contribution in [1.29, 1.82) is 0 Å². The standard InChI is InChI=1S/C18H11FN2OS2/c19-12-6-8-13(9-7-12)21-17(22)15-14(11-4-2-1-3-5-11)10-24-16(15)20-18(21)23/h1-10H,(H,20,23). The Hall–Kier alpha value is -2.57. The molecule has 0 fully saturated rings. The first-order valence-electron chi connectivity index (χ1n) is 7.23. The second-order valence-corrected chi connectivity index (χ2v) is 6.53. The van der Waals surface area contributed by atoms with E-state index >= 15 is 0 Å². The lowest BCUT2D eigenvalue weighted by Crippen LogP contribution is -2.20. The lowest BCUT2D eigenvalue weighted by atomic mass is 10.1. The molecule has 0 bridgehead atoms. The van der Waals surface area contributed by atoms with Gasteiger partial charge in [0, 0.05) is 10.9 Å². The van der Waals surface area contributed by atoms with Crippen LogP contribution in [0.15, 0.2) is 64.8 Å². The van der Waals surface area contributed by atoms with Crippen LogP contribution in [0.2, 0.25) is 0 Å². The van der Waals surface area contributed by atoms with Crippen molar-refractivity contribution in [2.75, 3.05) is 0 Å². The Bertz CT molecular complexity index is 1140. The zero-order valence-electron chi connectivity index (χ0n) is 12.3. The van der Waals surface area contributed by atoms with Gasteiger partial charge < -0.3 is 4.98 Å². The fourth-order valence-corrected chi connectivity index (χ4v) is 3.99. The average molecular weight is 354 g/mol. The first-order valence-corrected chi connectivity index (χ1v) is 8.52. The minimum Gasteiger partial charge on any atom is -0.323 e. The number of rotatable bonds is 2. The zero-order chi connectivity index (χ0) is 16.7. The molecule has 0 spiro atoms. The Balaban J connectivity index is 2.05. The van der Waals surface area contributed by atoms with Crippen molar-refractivity contribution >= 4 is 33.8 Å². The molecule has 4 aromatic rings. The highest BCUT2D eigenvalue weighted by Gasteiger charge is 2.14. The number of fused-ring (bicyclic) bond motifs is 1. The molecule has 0 amide bonds. The van der Waals surface area contributed by atoms with Gasteiger partial charge >= 0.3 is 0 Å². The molecule has 0 saturated carbocycles. The summed E-state index contributed by atoms with van der Waals surface area (Å²) in [5.74, 6) is -0.358. The predicted octanol–water partition coefficient (Wildman–Crippen LogP) is 4.92. The maximum atomic E-state index is 13.2. The normalized spacial score (nSPS) is 11.0. The fraction of sp³-hybridized carbons (Fsp3) is 0. The molecule has 0 atom stereocenters. The highest BCUT2D eigenvalue weighted by Crippen LogP contribution is 2.30. The molecule has 2 heterocycles. The summed E-state index contributed by atoms with van der Waals surface area (Å²) in [5.41, 5.74) is 2.16. The van der Waals surface area contributed by atoms with E-state index in [1.807, 2.05) is 35.7 Å². The van der Waals surface area contributed by atoms with Gasteiger partial charge in [0.2, 0.25) is 0 Å². The van der Waals surface area contributed by atoms with Crippen LogP contribution in [0.1, 0.15) is 0 Å². The van der Waals surface area contributed by atoms with Gasteiger partial charge in [-0.3, -0.25) is 9.36 Å². The van der Waals surface area contributed by atoms with Gasteiger partial charge in [-0.15, -0.1) is 11.3 Å². The van der Waals surface area contributed by atoms with Crippen LogP contribution in [-0.2, 0) is 0 Å². The summed E-state index contributed by atoms with van der Waals surface area (Å²) >= 11 is 6.78. The van der Waals surface area contributed by atoms with Crippen LogP contribution in [0.25, 0.3) is 27.0 Å². The fourth-order valence-electron chi connectivity index (χ4n) is 2.67. The summed E-state index contributed by atoms with van der Waals surface area (Å²) in [6.45, 7) is 0. The number of aromatic nitrogens is 2. The van der Waals surface area contributed by atoms with Gasteiger partial charge in [0.05, 0.1) is 11.1 Å². The van der Waals surface area contributed by atoms with E-state index in [4.69, 9.17) is 12.2 Å². The van der Waals surface area contributed by atoms with Crippen molar-refractivity contribution in [3.63, 3.8) is 0 Å². The van der Waals surface area contributed by atoms with Crippen molar-refractivity contribution in [3.8, 4) is 16.8 Å². The molecule has 0 aliphatic heterocycles. The van der Waals surface area contributed by atoms with Crippen LogP contribution < -0.4 is 5.56 Å². The minimum absolute atomic E-state index is 0.208. The number of benzene rings is 2. The van der Waals surface area contributed by atoms with E-state index in [1.165, 1.54) is 28.0 Å². The smallest absolute Gasteiger partial charge is 0.268 e. The Morgan fingerprint density at radius 1 is 1.04 bits per heavy atom. The number of hydrogen-bond acceptors (Lipinski definition) is 3. The summed E-state index contributed by atoms with van der Waals surface area (Å²) in [4.78, 5) is 16.9. The van der Waals surface area contributed by atoms with Crippen LogP contribution in [0.3, 0.4) is 0 Å². The summed E-state index contributed by atoms with van der Waals surface area (Å²) in [6, 6.07) is 15.4. The van der Waals surface area contributed by atoms with Crippen molar-refractivity contribution in [1.82, 2.24) is 9.55 Å². The highest BCUT2D eigenvalue weighted by atomic mass is 32.1. The van der Waals surface area contributed by atoms with Crippen LogP contribution in [-0.4, -0.2) is 9.55 Å². The van der Waals surface area contributed by atoms with E-state index in [9.17, 15) is 9.18 Å². The largest absolute Gasteiger partial charge is 0.323 e. The lowest BCUT2D eigenvalue weighted by molar-refractivity contribution is 0.627. The Morgan fingerprint density at radius 3 is 2.46 bits per heavy atom. The molecule has 0 saturated heterocycles. The molecular weight excluding hydrogens is 343 g/mol. The van der Waals surface area contributed by atoms with Gasteiger partial charge in [0.1, 0.15) is 10.6 Å². The van der Waals surface area contributed by atoms with Gasteiger partial charge in [0.15, 0.2) is 4.77 Å². The first kappa shape index (κ1) is 15.0. The molecule has 0 radical (unpaired) electrons. The molecule has 0 aliphatic carbocycles. The predicted molar refractivity (Wildman–Crippen MR) is 98.0 cm³/mol. The molecule has 118 valence electrons. The quantitative estimate of drug-likeness (QED) is 0.519. The van der Waals surface area contributed by atoms with Gasteiger partial charge in [-0.05, 0) is 42.0 Å². The summed E-state index contributed by atoms with van der Waals surface area (Å²) < 4.78 is 14.9. The molecule has 4 rings (SSSR count). The van der Waals surface area contributed by atoms with Gasteiger partial charge in [0.25, 0.3) is 5.56 Å². The molecule has 0 aliphatic rings. The van der Waals surface area contributed by atoms with E-state index in [2.05, 4.69) is 4.98 Å². The summed E-state index contributed by atoms with van der Waals surface area (Å²) in [7, 11) is 0. The Labute approximate surface area is 145 Å². The molecule has 24 heavy (non-hydrogen) atoms. The second-order valence-electron chi connectivity index (χ2n) is 5.27. The average Bonchev–Trinajstić information content (AvgIpc) is 3.01. The molecule has 1 N–H and O–H groups in total. The van der Waals surface area contributed by atoms with E-state index in [0.717, 1.165) is 16.0 Å². The third-order valence-corrected chi connectivity index (χ3v) is 4.98. The minimum atomic E-state index is -0.358. The number of H-pyrrole nitrogens is 1. The van der Waals surface area contributed by atoms with E-state index < -0.39 is 0 Å². The van der Waals surface area contributed by atoms with Gasteiger partial charge in [-0.1, -0.05) is 30.3 Å². The molecule has 3 nitrogen and oxygen atoms in total. The maximum Gasteiger partial charge on any atom is 0.268 e. The number of aromatic amines is 1. The first-order chi connectivity index (χ1) is 11.6. The maximum absolute atomic E-state index is 13.2. The van der Waals surface area contributed by atoms with Crippen molar-refractivity contribution < 1.29 is 4.39 Å². The second kappa shape index (κ2) is 5.81. The third-order valence-electron chi connectivity index (χ3n) is 3.80. The molecular formula is C18H11FN2OS2. The number of thiophene rings is 1. The lowest BCUT2D eigenvalue weighted by Gasteiger charge is -2.07. The van der Waals surface area contributed by atoms with E-state index in [0.29, 0.717) is 15.8 Å². The highest BCUT2D eigenvalue weighted by molar-refractivity contribution is 7.71. The zero-order valence-corrected chi connectivity index (χ0v) is 14.0. The molecule has 2 aromatic carbocycles. The third kappa shape index (κ3) is 2.40. The SMILES string of the molecule is O=c1c2c(-c3ccccc3)csc2[nH]c(=S)n1-c1ccc(F)cc1. The molecule has 0 unspecified atom stereocenters. The monoisotopic (exact) mass is 354 g/mol. The number of nitrogens with one attached hydrogen (secondary N) is 1. The Morgan fingerprint density at radius 2 is 1.75 bits per heavy atom. The Kier molecular flexibility index (Phi) is 3.63.